The number of allylic oxidation sites excluding steroid dienone is 2. The molecule has 0 aromatic carbocycles. The van der Waals surface area contributed by atoms with Gasteiger partial charge in [0.2, 0.25) is 5.79 Å². The molecule has 5 rings (SSSR count). The van der Waals surface area contributed by atoms with Crippen molar-refractivity contribution in [2.75, 3.05) is 0 Å². The number of carbonyl (C=O) groups is 3. The number of aliphatic hydroxyl groups is 1. The summed E-state index contributed by atoms with van der Waals surface area (Å²) >= 11 is 0. The van der Waals surface area contributed by atoms with Crippen molar-refractivity contribution in [1.82, 2.24) is 0 Å². The molecular weight excluding hydrogens is 440 g/mol. The Labute approximate surface area is 209 Å². The summed E-state index contributed by atoms with van der Waals surface area (Å²) in [5.41, 5.74) is 1.01. The van der Waals surface area contributed by atoms with Crippen LogP contribution >= 0.6 is 0 Å². The molecule has 0 aromatic heterocycles. The molecule has 0 amide bonds. The molecule has 1 N–H and O–H groups in total. The second-order valence-corrected chi connectivity index (χ2v) is 13.0. The van der Waals surface area contributed by atoms with Crippen LogP contribution in [0.5, 0.6) is 0 Å². The second-order valence-electron chi connectivity index (χ2n) is 13.0. The zero-order valence-electron chi connectivity index (χ0n) is 22.3. The summed E-state index contributed by atoms with van der Waals surface area (Å²) in [5, 5.41) is 11.6. The lowest BCUT2D eigenvalue weighted by Gasteiger charge is -2.57. The lowest BCUT2D eigenvalue weighted by Crippen LogP contribution is -2.58. The molecular formula is C30H42O5. The number of hydrogen-bond donors (Lipinski definition) is 1. The fourth-order valence-electron chi connectivity index (χ4n) is 8.72. The van der Waals surface area contributed by atoms with Crippen LogP contribution in [0.25, 0.3) is 0 Å². The molecule has 4 aliphatic carbocycles. The molecule has 0 aromatic rings. The maximum Gasteiger partial charge on any atom is 0.336 e. The van der Waals surface area contributed by atoms with Gasteiger partial charge in [-0.25, -0.2) is 4.79 Å². The van der Waals surface area contributed by atoms with Crippen molar-refractivity contribution in [3.8, 4) is 0 Å². The minimum atomic E-state index is -1.71. The van der Waals surface area contributed by atoms with E-state index in [1.54, 1.807) is 6.92 Å². The van der Waals surface area contributed by atoms with Gasteiger partial charge in [-0.2, -0.15) is 0 Å². The fraction of sp³-hybridized carbons (Fsp3) is 0.767. The standard InChI is InChI=1S/C30H42O5/c1-16-9-7-11-20-13-23(31)22(15-28(16,20)5)18(3)26(32)25-24-19(4)27(33)35-30(24,34)14-21-12-8-10-17(2)29(21,25)6/h15-18,20-21,25,34H,7-14H2,1-6H3/t16-,17-,18?,20+,21+,25-,28+,29+,30-/m0/s1. The van der Waals surface area contributed by atoms with E-state index >= 15 is 0 Å². The first-order valence-electron chi connectivity index (χ1n) is 13.8. The molecule has 5 aliphatic rings. The summed E-state index contributed by atoms with van der Waals surface area (Å²) in [5.74, 6) is -2.23. The van der Waals surface area contributed by atoms with Gasteiger partial charge in [0.1, 0.15) is 5.78 Å². The van der Waals surface area contributed by atoms with Crippen LogP contribution in [0, 0.1) is 46.3 Å². The monoisotopic (exact) mass is 482 g/mol. The van der Waals surface area contributed by atoms with Gasteiger partial charge < -0.3 is 9.84 Å². The van der Waals surface area contributed by atoms with Crippen LogP contribution in [-0.2, 0) is 19.1 Å². The topological polar surface area (TPSA) is 80.7 Å². The van der Waals surface area contributed by atoms with E-state index < -0.39 is 23.6 Å². The summed E-state index contributed by atoms with van der Waals surface area (Å²) in [7, 11) is 0. The fourth-order valence-corrected chi connectivity index (χ4v) is 8.72. The number of ether oxygens (including phenoxy) is 1. The summed E-state index contributed by atoms with van der Waals surface area (Å²) in [6, 6.07) is 0. The molecule has 5 nitrogen and oxygen atoms in total. The largest absolute Gasteiger partial charge is 0.426 e. The van der Waals surface area contributed by atoms with Gasteiger partial charge >= 0.3 is 5.97 Å². The molecule has 192 valence electrons. The Bertz CT molecular complexity index is 1040. The third-order valence-electron chi connectivity index (χ3n) is 11.5. The third-order valence-corrected chi connectivity index (χ3v) is 11.5. The Balaban J connectivity index is 1.60. The first kappa shape index (κ1) is 24.9. The van der Waals surface area contributed by atoms with Crippen molar-refractivity contribution in [3.63, 3.8) is 0 Å². The van der Waals surface area contributed by atoms with Crippen molar-refractivity contribution in [2.24, 2.45) is 46.3 Å². The first-order chi connectivity index (χ1) is 16.3. The van der Waals surface area contributed by atoms with E-state index in [2.05, 4.69) is 33.8 Å². The Morgan fingerprint density at radius 1 is 1.06 bits per heavy atom. The summed E-state index contributed by atoms with van der Waals surface area (Å²) in [6.45, 7) is 12.5. The minimum Gasteiger partial charge on any atom is -0.426 e. The maximum atomic E-state index is 14.5. The highest BCUT2D eigenvalue weighted by Crippen LogP contribution is 2.63. The minimum absolute atomic E-state index is 0.0397. The molecule has 1 aliphatic heterocycles. The lowest BCUT2D eigenvalue weighted by molar-refractivity contribution is -0.213. The predicted molar refractivity (Wildman–Crippen MR) is 133 cm³/mol. The molecule has 0 saturated heterocycles. The van der Waals surface area contributed by atoms with Crippen LogP contribution in [0.2, 0.25) is 0 Å². The molecule has 1 heterocycles. The van der Waals surface area contributed by atoms with Gasteiger partial charge in [-0.05, 0) is 60.7 Å². The van der Waals surface area contributed by atoms with Gasteiger partial charge in [-0.3, -0.25) is 9.59 Å². The van der Waals surface area contributed by atoms with Crippen LogP contribution in [0.4, 0.5) is 0 Å². The molecule has 3 saturated carbocycles. The van der Waals surface area contributed by atoms with Crippen molar-refractivity contribution < 1.29 is 24.2 Å². The number of fused-ring (bicyclic) bond motifs is 3. The normalized spacial score (nSPS) is 46.3. The van der Waals surface area contributed by atoms with Gasteiger partial charge in [0.15, 0.2) is 5.78 Å². The molecule has 3 fully saturated rings. The molecule has 0 radical (unpaired) electrons. The molecule has 1 unspecified atom stereocenters. The average molecular weight is 483 g/mol. The number of rotatable bonds is 3. The van der Waals surface area contributed by atoms with E-state index in [4.69, 9.17) is 4.74 Å². The summed E-state index contributed by atoms with van der Waals surface area (Å²) < 4.78 is 5.53. The van der Waals surface area contributed by atoms with Crippen molar-refractivity contribution in [3.05, 3.63) is 22.8 Å². The van der Waals surface area contributed by atoms with E-state index in [1.165, 1.54) is 0 Å². The summed E-state index contributed by atoms with van der Waals surface area (Å²) in [4.78, 5) is 40.6. The van der Waals surface area contributed by atoms with Crippen LogP contribution < -0.4 is 0 Å². The quantitative estimate of drug-likeness (QED) is 0.533. The number of esters is 1. The van der Waals surface area contributed by atoms with Gasteiger partial charge in [-0.1, -0.05) is 60.0 Å². The van der Waals surface area contributed by atoms with Gasteiger partial charge in [0.05, 0.1) is 5.92 Å². The van der Waals surface area contributed by atoms with Crippen LogP contribution in [-0.4, -0.2) is 28.4 Å². The number of ketones is 2. The molecule has 0 spiro atoms. The first-order valence-corrected chi connectivity index (χ1v) is 13.8. The van der Waals surface area contributed by atoms with Crippen molar-refractivity contribution >= 4 is 17.5 Å². The van der Waals surface area contributed by atoms with Crippen LogP contribution in [0.15, 0.2) is 22.8 Å². The molecule has 35 heavy (non-hydrogen) atoms. The summed E-state index contributed by atoms with van der Waals surface area (Å²) in [6.07, 6.45) is 9.35. The highest BCUT2D eigenvalue weighted by Gasteiger charge is 2.65. The number of hydrogen-bond acceptors (Lipinski definition) is 5. The van der Waals surface area contributed by atoms with Crippen molar-refractivity contribution in [1.29, 1.82) is 0 Å². The molecule has 9 atom stereocenters. The van der Waals surface area contributed by atoms with Gasteiger partial charge in [0.25, 0.3) is 0 Å². The zero-order chi connectivity index (χ0) is 25.5. The number of Topliss-reactive ketones (excluding diaryl/α,β-unsaturated/α-hetero) is 2. The Morgan fingerprint density at radius 3 is 2.37 bits per heavy atom. The van der Waals surface area contributed by atoms with Crippen LogP contribution in [0.1, 0.15) is 92.9 Å². The maximum absolute atomic E-state index is 14.5. The SMILES string of the molecule is CC1=C2[C@@H](C(=O)C(C)C3=C[C@@]4(C)[C@H](CCC[C@@H]4C)CC3=O)[C@@]3(C)[C@H](CCC[C@@H]3C)C[C@]2(O)OC1=O. The lowest BCUT2D eigenvalue weighted by atomic mass is 9.47. The molecule has 5 heteroatoms. The predicted octanol–water partition coefficient (Wildman–Crippen LogP) is 5.56. The van der Waals surface area contributed by atoms with E-state index in [0.29, 0.717) is 41.4 Å². The molecule has 0 bridgehead atoms. The van der Waals surface area contributed by atoms with Gasteiger partial charge in [-0.15, -0.1) is 0 Å². The van der Waals surface area contributed by atoms with E-state index in [-0.39, 0.29) is 34.2 Å². The van der Waals surface area contributed by atoms with Crippen molar-refractivity contribution in [2.45, 2.75) is 98.7 Å². The smallest absolute Gasteiger partial charge is 0.336 e. The number of carbonyl (C=O) groups excluding carboxylic acids is 3. The van der Waals surface area contributed by atoms with Crippen LogP contribution in [0.3, 0.4) is 0 Å². The Hall–Kier alpha value is -1.75. The Kier molecular flexibility index (Phi) is 5.79. The Morgan fingerprint density at radius 2 is 1.69 bits per heavy atom. The van der Waals surface area contributed by atoms with Gasteiger partial charge in [0, 0.05) is 35.5 Å². The van der Waals surface area contributed by atoms with E-state index in [0.717, 1.165) is 38.5 Å². The average Bonchev–Trinajstić information content (AvgIpc) is 3.01. The van der Waals surface area contributed by atoms with E-state index in [9.17, 15) is 19.5 Å². The second kappa shape index (κ2) is 8.13. The highest BCUT2D eigenvalue weighted by molar-refractivity contribution is 6.05. The van der Waals surface area contributed by atoms with E-state index in [1.807, 2.05) is 6.92 Å². The zero-order valence-corrected chi connectivity index (χ0v) is 22.3. The third kappa shape index (κ3) is 3.39. The highest BCUT2D eigenvalue weighted by atomic mass is 16.7.